The number of hydrogen-bond donors (Lipinski definition) is 3. The molecule has 1 spiro atoms. The van der Waals surface area contributed by atoms with E-state index in [1.807, 2.05) is 26.8 Å². The topological polar surface area (TPSA) is 105 Å². The average Bonchev–Trinajstić information content (AvgIpc) is 3.43. The Labute approximate surface area is 211 Å². The fraction of sp³-hybridized carbons (Fsp3) is 0.500. The van der Waals surface area contributed by atoms with E-state index in [9.17, 15) is 0 Å². The second-order valence-electron chi connectivity index (χ2n) is 11.3. The first-order chi connectivity index (χ1) is 17.2. The second kappa shape index (κ2) is 8.57. The van der Waals surface area contributed by atoms with Crippen molar-refractivity contribution >= 4 is 27.9 Å². The highest BCUT2D eigenvalue weighted by molar-refractivity contribution is 5.95. The standard InChI is InChI=1S/C28H36N6O2/c1-17-30-25-21(13-24(29)33-26(25)31-17)23-12-19-11-18(5-6-22(19)32-23)14-34(4)20-7-9-28(10-8-20)15-35-27(2,3)36-16-28/h5-6,11-13,20,32H,7-10,14-16H2,1-4H3,(H3,29,30,31,33). The largest absolute Gasteiger partial charge is 0.384 e. The summed E-state index contributed by atoms with van der Waals surface area (Å²) in [4.78, 5) is 18.2. The van der Waals surface area contributed by atoms with Gasteiger partial charge in [-0.25, -0.2) is 9.97 Å². The first-order valence-corrected chi connectivity index (χ1v) is 12.9. The molecular formula is C28H36N6O2. The minimum Gasteiger partial charge on any atom is -0.384 e. The Hall–Kier alpha value is -2.94. The van der Waals surface area contributed by atoms with Crippen molar-refractivity contribution < 1.29 is 9.47 Å². The van der Waals surface area contributed by atoms with Crippen LogP contribution in [0.3, 0.4) is 0 Å². The predicted molar refractivity (Wildman–Crippen MR) is 142 cm³/mol. The number of H-pyrrole nitrogens is 2. The third-order valence-corrected chi connectivity index (χ3v) is 8.10. The van der Waals surface area contributed by atoms with Crippen LogP contribution in [-0.2, 0) is 16.0 Å². The van der Waals surface area contributed by atoms with E-state index in [4.69, 9.17) is 15.2 Å². The lowest BCUT2D eigenvalue weighted by Crippen LogP contribution is -2.50. The van der Waals surface area contributed by atoms with Crippen LogP contribution >= 0.6 is 0 Å². The summed E-state index contributed by atoms with van der Waals surface area (Å²) < 4.78 is 12.0. The van der Waals surface area contributed by atoms with Gasteiger partial charge in [0.2, 0.25) is 0 Å². The van der Waals surface area contributed by atoms with Crippen molar-refractivity contribution in [2.24, 2.45) is 5.41 Å². The Kier molecular flexibility index (Phi) is 5.59. The molecule has 4 N–H and O–H groups in total. The molecule has 0 unspecified atom stereocenters. The number of aromatic nitrogens is 4. The summed E-state index contributed by atoms with van der Waals surface area (Å²) >= 11 is 0. The number of hydrogen-bond acceptors (Lipinski definition) is 6. The van der Waals surface area contributed by atoms with E-state index < -0.39 is 5.79 Å². The van der Waals surface area contributed by atoms with E-state index >= 15 is 0 Å². The van der Waals surface area contributed by atoms with Crippen LogP contribution in [0.2, 0.25) is 0 Å². The molecule has 1 aromatic carbocycles. The van der Waals surface area contributed by atoms with Crippen LogP contribution in [0.5, 0.6) is 0 Å². The van der Waals surface area contributed by atoms with Crippen molar-refractivity contribution in [1.29, 1.82) is 0 Å². The summed E-state index contributed by atoms with van der Waals surface area (Å²) in [5.41, 5.74) is 12.2. The molecule has 8 heteroatoms. The number of pyridine rings is 1. The van der Waals surface area contributed by atoms with Crippen LogP contribution in [0.25, 0.3) is 33.3 Å². The molecule has 2 aliphatic rings. The van der Waals surface area contributed by atoms with E-state index in [-0.39, 0.29) is 5.41 Å². The molecule has 0 bridgehead atoms. The molecule has 0 atom stereocenters. The van der Waals surface area contributed by atoms with Gasteiger partial charge in [0.05, 0.1) is 18.7 Å². The van der Waals surface area contributed by atoms with Crippen molar-refractivity contribution in [3.8, 4) is 11.3 Å². The van der Waals surface area contributed by atoms with Gasteiger partial charge in [-0.1, -0.05) is 6.07 Å². The number of benzene rings is 1. The lowest BCUT2D eigenvalue weighted by molar-refractivity contribution is -0.290. The number of rotatable bonds is 4. The Morgan fingerprint density at radius 1 is 1.06 bits per heavy atom. The molecule has 36 heavy (non-hydrogen) atoms. The van der Waals surface area contributed by atoms with Gasteiger partial charge in [0.1, 0.15) is 11.6 Å². The van der Waals surface area contributed by atoms with E-state index in [0.717, 1.165) is 60.7 Å². The Bertz CT molecular complexity index is 1400. The molecule has 2 fully saturated rings. The quantitative estimate of drug-likeness (QED) is 0.367. The Morgan fingerprint density at radius 2 is 1.81 bits per heavy atom. The molecule has 1 aliphatic heterocycles. The SMILES string of the molecule is Cc1nc2nc(N)cc(-c3cc4cc(CN(C)C5CCC6(CC5)COC(C)(C)OC6)ccc4[nH]3)c2[nH]1. The van der Waals surface area contributed by atoms with Crippen LogP contribution in [0, 0.1) is 12.3 Å². The number of nitrogens with one attached hydrogen (secondary N) is 2. The monoisotopic (exact) mass is 488 g/mol. The molecule has 4 heterocycles. The molecule has 0 radical (unpaired) electrons. The van der Waals surface area contributed by atoms with Crippen LogP contribution < -0.4 is 5.73 Å². The van der Waals surface area contributed by atoms with Crippen LogP contribution in [0.4, 0.5) is 5.82 Å². The number of imidazole rings is 1. The molecule has 1 saturated heterocycles. The molecule has 0 amide bonds. The van der Waals surface area contributed by atoms with Crippen molar-refractivity contribution in [3.05, 3.63) is 41.7 Å². The summed E-state index contributed by atoms with van der Waals surface area (Å²) in [6.07, 6.45) is 4.69. The number of fused-ring (bicyclic) bond motifs is 2. The number of ether oxygens (including phenoxy) is 2. The third-order valence-electron chi connectivity index (χ3n) is 8.10. The number of nitrogens with zero attached hydrogens (tertiary/aromatic N) is 3. The molecule has 1 saturated carbocycles. The molecule has 8 nitrogen and oxygen atoms in total. The molecule has 3 aromatic heterocycles. The maximum atomic E-state index is 6.07. The van der Waals surface area contributed by atoms with Gasteiger partial charge < -0.3 is 25.2 Å². The molecular weight excluding hydrogens is 452 g/mol. The van der Waals surface area contributed by atoms with Gasteiger partial charge in [-0.05, 0) is 83.3 Å². The number of anilines is 1. The molecule has 6 rings (SSSR count). The highest BCUT2D eigenvalue weighted by atomic mass is 16.7. The minimum absolute atomic E-state index is 0.197. The smallest absolute Gasteiger partial charge is 0.180 e. The normalized spacial score (nSPS) is 20.1. The minimum atomic E-state index is -0.442. The first-order valence-electron chi connectivity index (χ1n) is 12.9. The van der Waals surface area contributed by atoms with Crippen molar-refractivity contribution in [1.82, 2.24) is 24.8 Å². The highest BCUT2D eigenvalue weighted by Gasteiger charge is 2.43. The fourth-order valence-corrected chi connectivity index (χ4v) is 5.86. The lowest BCUT2D eigenvalue weighted by Gasteiger charge is -2.48. The number of aryl methyl sites for hydroxylation is 1. The van der Waals surface area contributed by atoms with Gasteiger partial charge in [-0.2, -0.15) is 0 Å². The maximum Gasteiger partial charge on any atom is 0.180 e. The Balaban J connectivity index is 1.16. The van der Waals surface area contributed by atoms with Crippen molar-refractivity contribution in [2.75, 3.05) is 26.0 Å². The molecule has 190 valence electrons. The van der Waals surface area contributed by atoms with Gasteiger partial charge in [0, 0.05) is 40.2 Å². The van der Waals surface area contributed by atoms with Crippen LogP contribution in [0.1, 0.15) is 50.9 Å². The van der Waals surface area contributed by atoms with Gasteiger partial charge in [0.25, 0.3) is 0 Å². The number of nitrogens with two attached hydrogens (primary N) is 1. The van der Waals surface area contributed by atoms with Crippen LogP contribution in [-0.4, -0.2) is 56.9 Å². The third kappa shape index (κ3) is 4.38. The van der Waals surface area contributed by atoms with Gasteiger partial charge in [-0.3, -0.25) is 4.90 Å². The molecule has 4 aromatic rings. The van der Waals surface area contributed by atoms with E-state index in [1.165, 1.54) is 23.8 Å². The summed E-state index contributed by atoms with van der Waals surface area (Å²) in [5, 5.41) is 1.19. The van der Waals surface area contributed by atoms with Crippen LogP contribution in [0.15, 0.2) is 30.3 Å². The van der Waals surface area contributed by atoms with Crippen molar-refractivity contribution in [3.63, 3.8) is 0 Å². The fourth-order valence-electron chi connectivity index (χ4n) is 5.86. The van der Waals surface area contributed by atoms with Gasteiger partial charge >= 0.3 is 0 Å². The maximum absolute atomic E-state index is 6.07. The van der Waals surface area contributed by atoms with E-state index in [1.54, 1.807) is 0 Å². The zero-order valence-electron chi connectivity index (χ0n) is 21.6. The van der Waals surface area contributed by atoms with Crippen molar-refractivity contribution in [2.45, 2.75) is 64.8 Å². The zero-order valence-corrected chi connectivity index (χ0v) is 21.6. The van der Waals surface area contributed by atoms with Gasteiger partial charge in [0.15, 0.2) is 11.4 Å². The number of nitrogen functional groups attached to an aromatic ring is 1. The summed E-state index contributed by atoms with van der Waals surface area (Å²) in [7, 11) is 2.25. The summed E-state index contributed by atoms with van der Waals surface area (Å²) in [6, 6.07) is 11.4. The van der Waals surface area contributed by atoms with Gasteiger partial charge in [-0.15, -0.1) is 0 Å². The zero-order chi connectivity index (χ0) is 25.1. The lowest BCUT2D eigenvalue weighted by atomic mass is 9.72. The average molecular weight is 489 g/mol. The van der Waals surface area contributed by atoms with E-state index in [2.05, 4.69) is 56.1 Å². The Morgan fingerprint density at radius 3 is 2.56 bits per heavy atom. The first kappa shape index (κ1) is 23.5. The summed E-state index contributed by atoms with van der Waals surface area (Å²) in [6.45, 7) is 8.51. The summed E-state index contributed by atoms with van der Waals surface area (Å²) in [5.74, 6) is 0.851. The predicted octanol–water partition coefficient (Wildman–Crippen LogP) is 5.14. The molecule has 1 aliphatic carbocycles. The second-order valence-corrected chi connectivity index (χ2v) is 11.3. The van der Waals surface area contributed by atoms with E-state index in [0.29, 0.717) is 17.5 Å². The highest BCUT2D eigenvalue weighted by Crippen LogP contribution is 2.42. The number of aromatic amines is 2.